The summed E-state index contributed by atoms with van der Waals surface area (Å²) < 4.78 is 47.8. The van der Waals surface area contributed by atoms with Crippen molar-refractivity contribution in [3.05, 3.63) is 33.7 Å². The van der Waals surface area contributed by atoms with Crippen LogP contribution in [0, 0.1) is 11.8 Å². The van der Waals surface area contributed by atoms with Crippen molar-refractivity contribution in [2.24, 2.45) is 15.3 Å². The van der Waals surface area contributed by atoms with Crippen LogP contribution in [0.25, 0.3) is 0 Å². The smallest absolute Gasteiger partial charge is 0.396 e. The summed E-state index contributed by atoms with van der Waals surface area (Å²) in [5.41, 5.74) is -2.18. The summed E-state index contributed by atoms with van der Waals surface area (Å²) >= 11 is 0. The Kier molecular flexibility index (Phi) is 9.41. The first kappa shape index (κ1) is 25.5. The zero-order valence-electron chi connectivity index (χ0n) is 18.2. The molecule has 0 aliphatic rings. The fourth-order valence-corrected chi connectivity index (χ4v) is 2.84. The highest BCUT2D eigenvalue weighted by atomic mass is 19.4. The topological polar surface area (TPSA) is 75.9 Å². The van der Waals surface area contributed by atoms with E-state index in [2.05, 4.69) is 15.3 Å². The molecule has 0 N–H and O–H groups in total. The number of halogens is 3. The number of nitroso groups, excluding NO2 is 1. The van der Waals surface area contributed by atoms with Crippen LogP contribution >= 0.6 is 0 Å². The van der Waals surface area contributed by atoms with Gasteiger partial charge in [-0.15, -0.1) is 4.91 Å². The summed E-state index contributed by atoms with van der Waals surface area (Å²) in [6, 6.07) is 2.80. The molecule has 0 fully saturated rings. The Morgan fingerprint density at radius 3 is 2.43 bits per heavy atom. The number of hydrogen-bond acceptors (Lipinski definition) is 6. The molecule has 0 spiro atoms. The lowest BCUT2D eigenvalue weighted by Gasteiger charge is -2.31. The van der Waals surface area contributed by atoms with Gasteiger partial charge in [0.2, 0.25) is 5.54 Å². The molecule has 10 heteroatoms. The van der Waals surface area contributed by atoms with Crippen LogP contribution < -0.4 is 0 Å². The Morgan fingerprint density at radius 1 is 1.27 bits per heavy atom. The maximum Gasteiger partial charge on any atom is 0.421 e. The highest BCUT2D eigenvalue weighted by molar-refractivity contribution is 5.83. The average Bonchev–Trinajstić information content (AvgIpc) is 2.69. The average molecular weight is 430 g/mol. The van der Waals surface area contributed by atoms with Gasteiger partial charge in [0.25, 0.3) is 0 Å². The first-order valence-electron chi connectivity index (χ1n) is 9.50. The first-order chi connectivity index (χ1) is 14.1. The number of ether oxygens (including phenoxy) is 1. The van der Waals surface area contributed by atoms with Crippen LogP contribution in [-0.4, -0.2) is 50.4 Å². The van der Waals surface area contributed by atoms with Crippen molar-refractivity contribution in [1.82, 2.24) is 4.90 Å². The molecule has 7 nitrogen and oxygen atoms in total. The van der Waals surface area contributed by atoms with Crippen molar-refractivity contribution in [1.29, 1.82) is 0 Å². The Bertz CT molecular complexity index is 781. The van der Waals surface area contributed by atoms with Gasteiger partial charge in [-0.2, -0.15) is 13.2 Å². The molecular formula is C20H29F3N4O3. The SMILES string of the molecule is CCO/N=C(\C)CC(N=O)(c1cc(C)c(N=CN(C)CC)cc1COC)C(F)(F)F. The minimum Gasteiger partial charge on any atom is -0.396 e. The molecule has 30 heavy (non-hydrogen) atoms. The molecule has 1 atom stereocenters. The zero-order chi connectivity index (χ0) is 22.9. The molecule has 0 radical (unpaired) electrons. The predicted octanol–water partition coefficient (Wildman–Crippen LogP) is 5.08. The molecule has 0 aliphatic heterocycles. The molecule has 0 amide bonds. The van der Waals surface area contributed by atoms with Crippen molar-refractivity contribution >= 4 is 17.7 Å². The van der Waals surface area contributed by atoms with Crippen molar-refractivity contribution in [2.45, 2.75) is 52.4 Å². The van der Waals surface area contributed by atoms with Crippen LogP contribution in [-0.2, 0) is 21.7 Å². The third-order valence-electron chi connectivity index (χ3n) is 4.55. The van der Waals surface area contributed by atoms with Crippen LogP contribution in [0.4, 0.5) is 18.9 Å². The summed E-state index contributed by atoms with van der Waals surface area (Å²) in [6.45, 7) is 7.36. The Labute approximate surface area is 174 Å². The van der Waals surface area contributed by atoms with E-state index in [1.54, 1.807) is 20.2 Å². The normalized spacial score (nSPS) is 14.6. The van der Waals surface area contributed by atoms with E-state index in [1.807, 2.05) is 18.9 Å². The third kappa shape index (κ3) is 6.01. The Balaban J connectivity index is 3.68. The minimum absolute atomic E-state index is 0.00135. The number of hydrogen-bond donors (Lipinski definition) is 0. The standard InChI is InChI=1S/C20H29F3N4O3/c1-7-27(5)13-24-18-10-16(12-29-6)17(9-14(18)3)19(26-28,20(21,22)23)11-15(4)25-30-8-2/h9-10,13H,7-8,11-12H2,1-6H3/b24-13?,25-15+. The van der Waals surface area contributed by atoms with Crippen molar-refractivity contribution in [3.63, 3.8) is 0 Å². The summed E-state index contributed by atoms with van der Waals surface area (Å²) in [5.74, 6) is 0. The van der Waals surface area contributed by atoms with Crippen LogP contribution in [0.2, 0.25) is 0 Å². The minimum atomic E-state index is -4.96. The van der Waals surface area contributed by atoms with Gasteiger partial charge in [-0.25, -0.2) is 4.99 Å². The molecule has 168 valence electrons. The number of aliphatic imine (C=N–C) groups is 1. The van der Waals surface area contributed by atoms with E-state index in [1.165, 1.54) is 26.2 Å². The number of benzene rings is 1. The number of rotatable bonds is 11. The molecule has 0 aliphatic carbocycles. The number of aryl methyl sites for hydroxylation is 1. The zero-order valence-corrected chi connectivity index (χ0v) is 18.2. The molecule has 0 heterocycles. The molecule has 1 aromatic carbocycles. The molecule has 1 rings (SSSR count). The second-order valence-electron chi connectivity index (χ2n) is 6.92. The van der Waals surface area contributed by atoms with Crippen LogP contribution in [0.3, 0.4) is 0 Å². The van der Waals surface area contributed by atoms with Gasteiger partial charge in [-0.3, -0.25) is 0 Å². The second-order valence-corrected chi connectivity index (χ2v) is 6.92. The number of methoxy groups -OCH3 is 1. The van der Waals surface area contributed by atoms with E-state index in [4.69, 9.17) is 9.57 Å². The number of nitrogens with zero attached hydrogens (tertiary/aromatic N) is 4. The van der Waals surface area contributed by atoms with Gasteiger partial charge in [-0.1, -0.05) is 11.2 Å². The van der Waals surface area contributed by atoms with E-state index < -0.39 is 18.1 Å². The Hall–Kier alpha value is -2.49. The fraction of sp³-hybridized carbons (Fsp3) is 0.600. The summed E-state index contributed by atoms with van der Waals surface area (Å²) in [7, 11) is 3.19. The number of alkyl halides is 3. The third-order valence-corrected chi connectivity index (χ3v) is 4.55. The molecular weight excluding hydrogens is 401 g/mol. The molecule has 0 aromatic heterocycles. The summed E-state index contributed by atoms with van der Waals surface area (Å²) in [4.78, 5) is 22.8. The molecule has 0 saturated carbocycles. The first-order valence-corrected chi connectivity index (χ1v) is 9.50. The van der Waals surface area contributed by atoms with Gasteiger partial charge in [0.15, 0.2) is 0 Å². The van der Waals surface area contributed by atoms with Gasteiger partial charge in [0.05, 0.1) is 24.3 Å². The largest absolute Gasteiger partial charge is 0.421 e. The summed E-state index contributed by atoms with van der Waals surface area (Å²) in [5, 5.41) is 6.24. The molecule has 0 bridgehead atoms. The predicted molar refractivity (Wildman–Crippen MR) is 111 cm³/mol. The van der Waals surface area contributed by atoms with Crippen molar-refractivity contribution in [2.75, 3.05) is 27.3 Å². The highest BCUT2D eigenvalue weighted by Crippen LogP contribution is 2.47. The van der Waals surface area contributed by atoms with E-state index >= 15 is 0 Å². The van der Waals surface area contributed by atoms with E-state index in [0.717, 1.165) is 6.54 Å². The molecule has 1 aromatic rings. The fourth-order valence-electron chi connectivity index (χ4n) is 2.84. The highest BCUT2D eigenvalue weighted by Gasteiger charge is 2.59. The van der Waals surface area contributed by atoms with Gasteiger partial charge in [0.1, 0.15) is 6.61 Å². The monoisotopic (exact) mass is 430 g/mol. The molecule has 1 unspecified atom stereocenters. The lowest BCUT2D eigenvalue weighted by atomic mass is 9.81. The maximum atomic E-state index is 14.2. The second kappa shape index (κ2) is 11.1. The van der Waals surface area contributed by atoms with Gasteiger partial charge in [0, 0.05) is 27.1 Å². The maximum absolute atomic E-state index is 14.2. The Morgan fingerprint density at radius 2 is 1.93 bits per heavy atom. The quantitative estimate of drug-likeness (QED) is 0.212. The number of oxime groups is 1. The van der Waals surface area contributed by atoms with Crippen LogP contribution in [0.15, 0.2) is 27.5 Å². The van der Waals surface area contributed by atoms with E-state index in [9.17, 15) is 18.1 Å². The van der Waals surface area contributed by atoms with E-state index in [0.29, 0.717) is 11.3 Å². The lowest BCUT2D eigenvalue weighted by Crippen LogP contribution is -2.43. The van der Waals surface area contributed by atoms with Crippen molar-refractivity contribution in [3.8, 4) is 0 Å². The van der Waals surface area contributed by atoms with Crippen LogP contribution in [0.5, 0.6) is 0 Å². The van der Waals surface area contributed by atoms with Gasteiger partial charge < -0.3 is 14.5 Å². The molecule has 0 saturated heterocycles. The lowest BCUT2D eigenvalue weighted by molar-refractivity contribution is -0.187. The van der Waals surface area contributed by atoms with Gasteiger partial charge in [-0.05, 0) is 55.6 Å². The van der Waals surface area contributed by atoms with Crippen LogP contribution in [0.1, 0.15) is 43.9 Å². The van der Waals surface area contributed by atoms with E-state index in [-0.39, 0.29) is 30.1 Å². The summed E-state index contributed by atoms with van der Waals surface area (Å²) in [6.07, 6.45) is -4.14. The van der Waals surface area contributed by atoms with Gasteiger partial charge >= 0.3 is 6.18 Å². The van der Waals surface area contributed by atoms with Crippen molar-refractivity contribution < 1.29 is 22.7 Å².